The number of nitrogens with zero attached hydrogens (tertiary/aromatic N) is 4. The number of carbonyl (C=O) groups excluding carboxylic acids is 2. The maximum absolute atomic E-state index is 13.2. The van der Waals surface area contributed by atoms with E-state index in [1.807, 2.05) is 0 Å². The molecule has 2 aromatic heterocycles. The highest BCUT2D eigenvalue weighted by Crippen LogP contribution is 2.37. The van der Waals surface area contributed by atoms with Crippen LogP contribution in [0.25, 0.3) is 0 Å². The Morgan fingerprint density at radius 3 is 1.43 bits per heavy atom. The average Bonchev–Trinajstić information content (AvgIpc) is 2.85. The van der Waals surface area contributed by atoms with E-state index in [0.717, 1.165) is 35.7 Å². The maximum Gasteiger partial charge on any atom is 0.417 e. The van der Waals surface area contributed by atoms with Gasteiger partial charge >= 0.3 is 12.4 Å². The number of aromatic nitrogens is 2. The molecular weight excluding hydrogens is 582 g/mol. The molecule has 0 aliphatic rings. The number of alkyl halides is 6. The summed E-state index contributed by atoms with van der Waals surface area (Å²) in [5.74, 6) is -0.749. The zero-order chi connectivity index (χ0) is 30.1. The Kier molecular flexibility index (Phi) is 11.6. The second-order valence-corrected chi connectivity index (χ2v) is 10.3. The fraction of sp³-hybridized carbons (Fsp3) is 0.417. The van der Waals surface area contributed by atoms with Crippen molar-refractivity contribution in [2.24, 2.45) is 0 Å². The van der Waals surface area contributed by atoms with Crippen molar-refractivity contribution in [2.45, 2.75) is 49.1 Å². The quantitative estimate of drug-likeness (QED) is 0.213. The van der Waals surface area contributed by atoms with Crippen molar-refractivity contribution in [3.8, 4) is 12.1 Å². The van der Waals surface area contributed by atoms with Crippen LogP contribution in [0.15, 0.2) is 22.2 Å². The SMILES string of the molecule is Cc1cc(C(F)(F)F)c(C#N)c(SCCC(=O)NCCNC(=O)CCSc2nc(C)cc(C(F)(F)F)c2C#N)n1. The van der Waals surface area contributed by atoms with Gasteiger partial charge in [-0.15, -0.1) is 23.5 Å². The van der Waals surface area contributed by atoms with E-state index in [1.165, 1.54) is 26.0 Å². The lowest BCUT2D eigenvalue weighted by atomic mass is 10.1. The Labute approximate surface area is 233 Å². The molecule has 0 radical (unpaired) electrons. The molecule has 0 aromatic carbocycles. The number of nitrogens with one attached hydrogen (secondary N) is 2. The predicted molar refractivity (Wildman–Crippen MR) is 134 cm³/mol. The second kappa shape index (κ2) is 14.2. The summed E-state index contributed by atoms with van der Waals surface area (Å²) in [4.78, 5) is 32.0. The Hall–Kier alpha value is -3.50. The van der Waals surface area contributed by atoms with Crippen LogP contribution in [0, 0.1) is 36.5 Å². The third-order valence-corrected chi connectivity index (χ3v) is 6.92. The molecule has 214 valence electrons. The molecule has 0 saturated heterocycles. The molecule has 8 nitrogen and oxygen atoms in total. The van der Waals surface area contributed by atoms with Crippen LogP contribution in [0.3, 0.4) is 0 Å². The van der Waals surface area contributed by atoms with E-state index in [0.29, 0.717) is 0 Å². The number of thioether (sulfide) groups is 2. The molecule has 0 atom stereocenters. The first-order valence-electron chi connectivity index (χ1n) is 11.4. The maximum atomic E-state index is 13.2. The summed E-state index contributed by atoms with van der Waals surface area (Å²) in [6, 6.07) is 4.61. The minimum absolute atomic E-state index is 0.0553. The van der Waals surface area contributed by atoms with Gasteiger partial charge in [0, 0.05) is 48.8 Å². The number of amides is 2. The number of halogens is 6. The molecular formula is C24H22F6N6O2S2. The van der Waals surface area contributed by atoms with Crippen LogP contribution in [0.4, 0.5) is 26.3 Å². The van der Waals surface area contributed by atoms with Gasteiger partial charge < -0.3 is 10.6 Å². The molecule has 16 heteroatoms. The summed E-state index contributed by atoms with van der Waals surface area (Å²) >= 11 is 1.69. The van der Waals surface area contributed by atoms with E-state index in [9.17, 15) is 35.9 Å². The first-order valence-corrected chi connectivity index (χ1v) is 13.4. The zero-order valence-electron chi connectivity index (χ0n) is 21.1. The van der Waals surface area contributed by atoms with Gasteiger partial charge in [0.1, 0.15) is 22.2 Å². The predicted octanol–water partition coefficient (Wildman–Crippen LogP) is 4.77. The van der Waals surface area contributed by atoms with Crippen molar-refractivity contribution >= 4 is 35.3 Å². The number of hydrogen-bond donors (Lipinski definition) is 2. The van der Waals surface area contributed by atoms with Gasteiger partial charge in [-0.3, -0.25) is 9.59 Å². The zero-order valence-corrected chi connectivity index (χ0v) is 22.7. The van der Waals surface area contributed by atoms with Gasteiger partial charge in [0.25, 0.3) is 0 Å². The van der Waals surface area contributed by atoms with Crippen molar-refractivity contribution in [1.29, 1.82) is 10.5 Å². The van der Waals surface area contributed by atoms with Crippen molar-refractivity contribution in [2.75, 3.05) is 24.6 Å². The Balaban J connectivity index is 1.75. The Morgan fingerprint density at radius 2 is 1.12 bits per heavy atom. The molecule has 0 saturated carbocycles. The van der Waals surface area contributed by atoms with Crippen molar-refractivity contribution < 1.29 is 35.9 Å². The molecule has 0 unspecified atom stereocenters. The standard InChI is InChI=1S/C24H22F6N6O2S2/c1-13-9-17(23(25,26)27)15(11-31)21(35-13)39-7-3-19(37)33-5-6-34-20(38)4-8-40-22-16(12-32)18(24(28,29)30)10-14(2)36-22/h9-10H,3-8H2,1-2H3,(H,33,37)(H,34,38). The molecule has 0 aliphatic carbocycles. The average molecular weight is 605 g/mol. The number of nitriles is 2. The highest BCUT2D eigenvalue weighted by molar-refractivity contribution is 7.99. The van der Waals surface area contributed by atoms with Crippen LogP contribution in [0.2, 0.25) is 0 Å². The summed E-state index contributed by atoms with van der Waals surface area (Å²) < 4.78 is 79.1. The van der Waals surface area contributed by atoms with E-state index >= 15 is 0 Å². The summed E-state index contributed by atoms with van der Waals surface area (Å²) in [7, 11) is 0. The van der Waals surface area contributed by atoms with Gasteiger partial charge in [0.15, 0.2) is 0 Å². The second-order valence-electron chi connectivity index (χ2n) is 8.10. The number of aryl methyl sites for hydroxylation is 2. The summed E-state index contributed by atoms with van der Waals surface area (Å²) in [6.45, 7) is 2.85. The number of carbonyl (C=O) groups is 2. The first kappa shape index (κ1) is 32.7. The Morgan fingerprint density at radius 1 is 0.775 bits per heavy atom. The molecule has 2 amide bonds. The molecule has 0 aliphatic heterocycles. The van der Waals surface area contributed by atoms with Crippen LogP contribution in [-0.2, 0) is 21.9 Å². The molecule has 2 rings (SSSR count). The monoisotopic (exact) mass is 604 g/mol. The molecule has 0 spiro atoms. The van der Waals surface area contributed by atoms with E-state index in [2.05, 4.69) is 20.6 Å². The van der Waals surface area contributed by atoms with Gasteiger partial charge in [-0.25, -0.2) is 9.97 Å². The molecule has 2 N–H and O–H groups in total. The van der Waals surface area contributed by atoms with Crippen LogP contribution in [0.5, 0.6) is 0 Å². The van der Waals surface area contributed by atoms with Gasteiger partial charge in [0.2, 0.25) is 11.8 Å². The Bertz CT molecular complexity index is 1230. The topological polar surface area (TPSA) is 132 Å². The van der Waals surface area contributed by atoms with E-state index < -0.39 is 46.4 Å². The normalized spacial score (nSPS) is 11.4. The van der Waals surface area contributed by atoms with Gasteiger partial charge in [0.05, 0.1) is 22.3 Å². The van der Waals surface area contributed by atoms with Gasteiger partial charge in [-0.05, 0) is 26.0 Å². The highest BCUT2D eigenvalue weighted by Gasteiger charge is 2.36. The third-order valence-electron chi connectivity index (χ3n) is 4.97. The van der Waals surface area contributed by atoms with E-state index in [4.69, 9.17) is 10.5 Å². The summed E-state index contributed by atoms with van der Waals surface area (Å²) in [5, 5.41) is 23.1. The summed E-state index contributed by atoms with van der Waals surface area (Å²) in [6.07, 6.45) is -9.60. The first-order chi connectivity index (χ1) is 18.7. The van der Waals surface area contributed by atoms with Crippen molar-refractivity contribution in [3.05, 3.63) is 45.8 Å². The fourth-order valence-corrected chi connectivity index (χ4v) is 5.20. The van der Waals surface area contributed by atoms with Crippen LogP contribution >= 0.6 is 23.5 Å². The van der Waals surface area contributed by atoms with E-state index in [1.54, 1.807) is 0 Å². The van der Waals surface area contributed by atoms with Crippen LogP contribution in [-0.4, -0.2) is 46.4 Å². The smallest absolute Gasteiger partial charge is 0.354 e. The molecule has 2 heterocycles. The lowest BCUT2D eigenvalue weighted by Crippen LogP contribution is -2.34. The highest BCUT2D eigenvalue weighted by atomic mass is 32.2. The van der Waals surface area contributed by atoms with Crippen molar-refractivity contribution in [3.63, 3.8) is 0 Å². The number of pyridine rings is 2. The summed E-state index contributed by atoms with van der Waals surface area (Å²) in [5.41, 5.74) is -3.22. The molecule has 40 heavy (non-hydrogen) atoms. The number of hydrogen-bond acceptors (Lipinski definition) is 8. The fourth-order valence-electron chi connectivity index (χ4n) is 3.22. The van der Waals surface area contributed by atoms with Crippen LogP contribution < -0.4 is 10.6 Å². The largest absolute Gasteiger partial charge is 0.417 e. The van der Waals surface area contributed by atoms with Crippen LogP contribution in [0.1, 0.15) is 46.5 Å². The van der Waals surface area contributed by atoms with Crippen molar-refractivity contribution in [1.82, 2.24) is 20.6 Å². The number of rotatable bonds is 11. The van der Waals surface area contributed by atoms with Gasteiger partial charge in [-0.1, -0.05) is 0 Å². The minimum atomic E-state index is -4.72. The van der Waals surface area contributed by atoms with E-state index in [-0.39, 0.29) is 58.9 Å². The minimum Gasteiger partial charge on any atom is -0.354 e. The lowest BCUT2D eigenvalue weighted by molar-refractivity contribution is -0.138. The molecule has 2 aromatic rings. The molecule has 0 bridgehead atoms. The third kappa shape index (κ3) is 9.60. The lowest BCUT2D eigenvalue weighted by Gasteiger charge is -2.13. The van der Waals surface area contributed by atoms with Gasteiger partial charge in [-0.2, -0.15) is 36.9 Å². The molecule has 0 fully saturated rings.